The summed E-state index contributed by atoms with van der Waals surface area (Å²) in [7, 11) is 0. The summed E-state index contributed by atoms with van der Waals surface area (Å²) in [5.74, 6) is -0.488. The zero-order valence-corrected chi connectivity index (χ0v) is 16.0. The lowest BCUT2D eigenvalue weighted by Gasteiger charge is -2.27. The van der Waals surface area contributed by atoms with Crippen LogP contribution in [0.5, 0.6) is 0 Å². The van der Waals surface area contributed by atoms with Gasteiger partial charge in [0, 0.05) is 6.54 Å². The molecule has 0 radical (unpaired) electrons. The highest BCUT2D eigenvalue weighted by atomic mass is 19.4. The van der Waals surface area contributed by atoms with Crippen molar-refractivity contribution in [1.29, 1.82) is 0 Å². The second-order valence-corrected chi connectivity index (χ2v) is 7.82. The number of pyridine rings is 1. The van der Waals surface area contributed by atoms with Crippen molar-refractivity contribution in [1.82, 2.24) is 9.88 Å². The van der Waals surface area contributed by atoms with Gasteiger partial charge in [-0.2, -0.15) is 13.2 Å². The molecule has 0 bridgehead atoms. The first kappa shape index (κ1) is 21.0. The van der Waals surface area contributed by atoms with Crippen LogP contribution < -0.4 is 4.90 Å². The number of alkyl halides is 3. The van der Waals surface area contributed by atoms with E-state index in [0.29, 0.717) is 0 Å². The smallest absolute Gasteiger partial charge is 0.433 e. The van der Waals surface area contributed by atoms with Crippen molar-refractivity contribution in [2.75, 3.05) is 18.0 Å². The minimum Gasteiger partial charge on any atom is -0.459 e. The molecule has 1 aromatic rings. The Bertz CT molecular complexity index is 697. The van der Waals surface area contributed by atoms with E-state index in [-0.39, 0.29) is 30.7 Å². The van der Waals surface area contributed by atoms with E-state index in [0.717, 1.165) is 12.3 Å². The molecule has 0 spiro atoms. The number of hydrogen-bond acceptors (Lipinski definition) is 4. The number of esters is 1. The molecule has 0 saturated carbocycles. The highest BCUT2D eigenvalue weighted by Gasteiger charge is 2.41. The molecule has 1 fully saturated rings. The Morgan fingerprint density at radius 3 is 2.37 bits per heavy atom. The minimum absolute atomic E-state index is 0.0452. The van der Waals surface area contributed by atoms with Crippen molar-refractivity contribution >= 4 is 17.7 Å². The molecule has 1 aliphatic rings. The summed E-state index contributed by atoms with van der Waals surface area (Å²) < 4.78 is 43.3. The SMILES string of the molecule is CC(C)[C@H]1CN(c2ccc(C(F)(F)F)nc2)C(=O)N1CC(=O)OC(C)(C)C. The standard InChI is InChI=1S/C18H24F3N3O3/c1-11(2)13-9-23(12-6-7-14(22-8-12)18(19,20)21)16(26)24(13)10-15(25)27-17(3,4)5/h6-8,11,13H,9-10H2,1-5H3/t13-/m1/s1. The molecular weight excluding hydrogens is 363 g/mol. The van der Waals surface area contributed by atoms with E-state index in [4.69, 9.17) is 4.74 Å². The van der Waals surface area contributed by atoms with Crippen molar-refractivity contribution < 1.29 is 27.5 Å². The summed E-state index contributed by atoms with van der Waals surface area (Å²) in [6.45, 7) is 9.06. The maximum Gasteiger partial charge on any atom is 0.433 e. The highest BCUT2D eigenvalue weighted by Crippen LogP contribution is 2.31. The summed E-state index contributed by atoms with van der Waals surface area (Å²) in [6, 6.07) is 1.32. The van der Waals surface area contributed by atoms with Crippen LogP contribution >= 0.6 is 0 Å². The molecule has 1 aromatic heterocycles. The third-order valence-electron chi connectivity index (χ3n) is 4.09. The number of halogens is 3. The Hall–Kier alpha value is -2.32. The van der Waals surface area contributed by atoms with Gasteiger partial charge in [-0.05, 0) is 38.8 Å². The molecule has 0 aliphatic carbocycles. The molecule has 1 atom stereocenters. The van der Waals surface area contributed by atoms with Crippen molar-refractivity contribution in [2.24, 2.45) is 5.92 Å². The zero-order chi connectivity index (χ0) is 20.6. The third-order valence-corrected chi connectivity index (χ3v) is 4.09. The fourth-order valence-electron chi connectivity index (χ4n) is 2.86. The van der Waals surface area contributed by atoms with Crippen LogP contribution in [0.25, 0.3) is 0 Å². The van der Waals surface area contributed by atoms with E-state index < -0.39 is 29.5 Å². The van der Waals surface area contributed by atoms with Crippen LogP contribution in [-0.4, -0.2) is 46.6 Å². The average Bonchev–Trinajstić information content (AvgIpc) is 2.82. The Kier molecular flexibility index (Phi) is 5.72. The van der Waals surface area contributed by atoms with Gasteiger partial charge in [0.1, 0.15) is 17.8 Å². The first-order valence-corrected chi connectivity index (χ1v) is 8.63. The lowest BCUT2D eigenvalue weighted by atomic mass is 10.0. The topological polar surface area (TPSA) is 62.7 Å². The van der Waals surface area contributed by atoms with Gasteiger partial charge in [0.15, 0.2) is 0 Å². The van der Waals surface area contributed by atoms with Gasteiger partial charge in [0.25, 0.3) is 0 Å². The molecule has 9 heteroatoms. The van der Waals surface area contributed by atoms with Gasteiger partial charge in [0.05, 0.1) is 17.9 Å². The van der Waals surface area contributed by atoms with Gasteiger partial charge in [0.2, 0.25) is 0 Å². The monoisotopic (exact) mass is 387 g/mol. The number of amides is 2. The molecule has 27 heavy (non-hydrogen) atoms. The largest absolute Gasteiger partial charge is 0.459 e. The molecule has 2 amide bonds. The number of carbonyl (C=O) groups excluding carboxylic acids is 2. The van der Waals surface area contributed by atoms with Gasteiger partial charge in [-0.15, -0.1) is 0 Å². The number of anilines is 1. The number of carbonyl (C=O) groups is 2. The molecular formula is C18H24F3N3O3. The molecule has 2 rings (SSSR count). The third kappa shape index (κ3) is 5.11. The number of nitrogens with zero attached hydrogens (tertiary/aromatic N) is 3. The summed E-state index contributed by atoms with van der Waals surface area (Å²) in [6.07, 6.45) is -3.52. The van der Waals surface area contributed by atoms with Crippen molar-refractivity contribution in [3.8, 4) is 0 Å². The second-order valence-electron chi connectivity index (χ2n) is 7.82. The van der Waals surface area contributed by atoms with Crippen molar-refractivity contribution in [3.05, 3.63) is 24.0 Å². The molecule has 1 aliphatic heterocycles. The van der Waals surface area contributed by atoms with Crippen LogP contribution in [0.2, 0.25) is 0 Å². The molecule has 1 saturated heterocycles. The van der Waals surface area contributed by atoms with Crippen LogP contribution in [0.15, 0.2) is 18.3 Å². The normalized spacial score (nSPS) is 18.4. The lowest BCUT2D eigenvalue weighted by molar-refractivity contribution is -0.155. The Balaban J connectivity index is 2.21. The average molecular weight is 387 g/mol. The predicted octanol–water partition coefficient (Wildman–Crippen LogP) is 3.71. The quantitative estimate of drug-likeness (QED) is 0.739. The second kappa shape index (κ2) is 7.36. The van der Waals surface area contributed by atoms with Crippen molar-refractivity contribution in [3.63, 3.8) is 0 Å². The molecule has 150 valence electrons. The molecule has 0 N–H and O–H groups in total. The van der Waals surface area contributed by atoms with E-state index in [1.54, 1.807) is 20.8 Å². The van der Waals surface area contributed by atoms with E-state index in [1.165, 1.54) is 15.9 Å². The van der Waals surface area contributed by atoms with Crippen LogP contribution in [0.4, 0.5) is 23.7 Å². The Labute approximate surface area is 156 Å². The van der Waals surface area contributed by atoms with Crippen LogP contribution in [0, 0.1) is 5.92 Å². The summed E-state index contributed by atoms with van der Waals surface area (Å²) in [5.41, 5.74) is -1.45. The van der Waals surface area contributed by atoms with Crippen LogP contribution in [0.3, 0.4) is 0 Å². The Morgan fingerprint density at radius 2 is 1.93 bits per heavy atom. The summed E-state index contributed by atoms with van der Waals surface area (Å²) in [5, 5.41) is 0. The molecule has 2 heterocycles. The van der Waals surface area contributed by atoms with Crippen LogP contribution in [-0.2, 0) is 15.7 Å². The fourth-order valence-corrected chi connectivity index (χ4v) is 2.86. The molecule has 0 unspecified atom stereocenters. The van der Waals surface area contributed by atoms with Gasteiger partial charge in [-0.25, -0.2) is 9.78 Å². The van der Waals surface area contributed by atoms with E-state index in [2.05, 4.69) is 4.98 Å². The fraction of sp³-hybridized carbons (Fsp3) is 0.611. The number of aromatic nitrogens is 1. The number of urea groups is 1. The van der Waals surface area contributed by atoms with Crippen LogP contribution in [0.1, 0.15) is 40.3 Å². The first-order valence-electron chi connectivity index (χ1n) is 8.63. The van der Waals surface area contributed by atoms with E-state index >= 15 is 0 Å². The van der Waals surface area contributed by atoms with E-state index in [9.17, 15) is 22.8 Å². The summed E-state index contributed by atoms with van der Waals surface area (Å²) >= 11 is 0. The van der Waals surface area contributed by atoms with Gasteiger partial charge in [-0.1, -0.05) is 13.8 Å². The summed E-state index contributed by atoms with van der Waals surface area (Å²) in [4.78, 5) is 31.1. The predicted molar refractivity (Wildman–Crippen MR) is 93.2 cm³/mol. The maximum atomic E-state index is 12.8. The number of rotatable bonds is 4. The minimum atomic E-state index is -4.54. The lowest BCUT2D eigenvalue weighted by Crippen LogP contribution is -2.43. The maximum absolute atomic E-state index is 12.8. The molecule has 6 nitrogen and oxygen atoms in total. The van der Waals surface area contributed by atoms with Crippen molar-refractivity contribution in [2.45, 2.75) is 52.4 Å². The van der Waals surface area contributed by atoms with Gasteiger partial charge >= 0.3 is 18.2 Å². The van der Waals surface area contributed by atoms with E-state index in [1.807, 2.05) is 13.8 Å². The highest BCUT2D eigenvalue weighted by molar-refractivity contribution is 5.96. The Morgan fingerprint density at radius 1 is 1.30 bits per heavy atom. The molecule has 0 aromatic carbocycles. The first-order chi connectivity index (χ1) is 12.3. The number of ether oxygens (including phenoxy) is 1. The zero-order valence-electron chi connectivity index (χ0n) is 16.0. The van der Waals surface area contributed by atoms with Gasteiger partial charge in [-0.3, -0.25) is 9.69 Å². The van der Waals surface area contributed by atoms with Gasteiger partial charge < -0.3 is 9.64 Å². The number of hydrogen-bond donors (Lipinski definition) is 0.